The molecule has 0 unspecified atom stereocenters. The highest BCUT2D eigenvalue weighted by Gasteiger charge is 2.70. The number of nitrogens with two attached hydrogens (primary N) is 1. The van der Waals surface area contributed by atoms with Crippen molar-refractivity contribution >= 4 is 21.4 Å². The van der Waals surface area contributed by atoms with Crippen LogP contribution in [0.25, 0.3) is 0 Å². The highest BCUT2D eigenvalue weighted by Crippen LogP contribution is 2.55. The molecule has 1 aliphatic carbocycles. The molecule has 0 saturated heterocycles. The third-order valence-electron chi connectivity index (χ3n) is 4.08. The van der Waals surface area contributed by atoms with E-state index < -0.39 is 32.4 Å². The highest BCUT2D eigenvalue weighted by molar-refractivity contribution is 7.92. The summed E-state index contributed by atoms with van der Waals surface area (Å²) in [4.78, 5) is 0.0570. The minimum absolute atomic E-state index is 0.0570. The van der Waals surface area contributed by atoms with Gasteiger partial charge in [-0.25, -0.2) is 12.8 Å². The summed E-state index contributed by atoms with van der Waals surface area (Å²) in [7, 11) is -3.81. The number of halogens is 2. The van der Waals surface area contributed by atoms with Crippen molar-refractivity contribution in [2.45, 2.75) is 21.6 Å². The molecular formula is C16H12ClFN2O2S. The van der Waals surface area contributed by atoms with E-state index >= 15 is 0 Å². The van der Waals surface area contributed by atoms with E-state index in [0.717, 1.165) is 0 Å². The number of benzene rings is 2. The Morgan fingerprint density at radius 3 is 2.22 bits per heavy atom. The molecule has 0 bridgehead atoms. The Hall–Kier alpha value is -1.94. The molecule has 0 aliphatic heterocycles. The molecule has 2 aromatic carbocycles. The Bertz CT molecular complexity index is 891. The van der Waals surface area contributed by atoms with Crippen LogP contribution in [-0.4, -0.2) is 19.2 Å². The smallest absolute Gasteiger partial charge is 0.184 e. The number of hydrogen-bond donors (Lipinski definition) is 1. The Morgan fingerprint density at radius 1 is 1.13 bits per heavy atom. The molecule has 1 aliphatic rings. The first-order chi connectivity index (χ1) is 10.8. The molecule has 2 aromatic rings. The summed E-state index contributed by atoms with van der Waals surface area (Å²) in [5.41, 5.74) is 4.99. The van der Waals surface area contributed by atoms with Crippen LogP contribution in [0.1, 0.15) is 11.5 Å². The molecule has 0 amide bonds. The zero-order valence-electron chi connectivity index (χ0n) is 11.8. The molecular weight excluding hydrogens is 339 g/mol. The van der Waals surface area contributed by atoms with E-state index in [1.165, 1.54) is 48.5 Å². The summed E-state index contributed by atoms with van der Waals surface area (Å²) in [6.45, 7) is 0. The first-order valence-corrected chi connectivity index (χ1v) is 8.68. The minimum atomic E-state index is -3.81. The molecule has 118 valence electrons. The van der Waals surface area contributed by atoms with Crippen molar-refractivity contribution in [3.63, 3.8) is 0 Å². The fraction of sp³-hybridized carbons (Fsp3) is 0.188. The lowest BCUT2D eigenvalue weighted by molar-refractivity contribution is 0.592. The van der Waals surface area contributed by atoms with Crippen LogP contribution in [0.5, 0.6) is 0 Å². The summed E-state index contributed by atoms with van der Waals surface area (Å²) < 4.78 is 38.6. The minimum Gasteiger partial charge on any atom is -0.312 e. The molecule has 0 heterocycles. The maximum atomic E-state index is 13.1. The largest absolute Gasteiger partial charge is 0.312 e. The number of nitrogens with zero attached hydrogens (tertiary/aromatic N) is 1. The Kier molecular flexibility index (Phi) is 3.68. The van der Waals surface area contributed by atoms with E-state index in [2.05, 4.69) is 0 Å². The van der Waals surface area contributed by atoms with Crippen molar-refractivity contribution in [1.29, 1.82) is 5.26 Å². The molecule has 0 aromatic heterocycles. The van der Waals surface area contributed by atoms with Crippen molar-refractivity contribution in [2.75, 3.05) is 0 Å². The SMILES string of the molecule is N#C[C@]1(N)[C@H](c2ccc(F)cc2)[C@H]1S(=O)(=O)c1ccc(Cl)cc1. The molecule has 23 heavy (non-hydrogen) atoms. The number of rotatable bonds is 3. The maximum Gasteiger partial charge on any atom is 0.184 e. The lowest BCUT2D eigenvalue weighted by Crippen LogP contribution is -2.29. The third kappa shape index (κ3) is 2.51. The van der Waals surface area contributed by atoms with Gasteiger partial charge in [-0.3, -0.25) is 0 Å². The van der Waals surface area contributed by atoms with E-state index in [0.29, 0.717) is 10.6 Å². The Labute approximate surface area is 138 Å². The van der Waals surface area contributed by atoms with Crippen LogP contribution < -0.4 is 5.73 Å². The monoisotopic (exact) mass is 350 g/mol. The quantitative estimate of drug-likeness (QED) is 0.922. The summed E-state index contributed by atoms with van der Waals surface area (Å²) in [6, 6.07) is 12.9. The van der Waals surface area contributed by atoms with Crippen molar-refractivity contribution in [2.24, 2.45) is 5.73 Å². The summed E-state index contributed by atoms with van der Waals surface area (Å²) in [6.07, 6.45) is 0. The van der Waals surface area contributed by atoms with Crippen LogP contribution in [0.15, 0.2) is 53.4 Å². The van der Waals surface area contributed by atoms with Crippen molar-refractivity contribution < 1.29 is 12.8 Å². The zero-order chi connectivity index (χ0) is 16.8. The van der Waals surface area contributed by atoms with Gasteiger partial charge >= 0.3 is 0 Å². The molecule has 1 saturated carbocycles. The average molecular weight is 351 g/mol. The molecule has 4 nitrogen and oxygen atoms in total. The van der Waals surface area contributed by atoms with Gasteiger partial charge in [-0.15, -0.1) is 0 Å². The molecule has 2 N–H and O–H groups in total. The second kappa shape index (κ2) is 5.31. The first kappa shape index (κ1) is 15.9. The van der Waals surface area contributed by atoms with Crippen molar-refractivity contribution in [3.05, 3.63) is 64.9 Å². The van der Waals surface area contributed by atoms with E-state index in [4.69, 9.17) is 17.3 Å². The predicted octanol–water partition coefficient (Wildman–Crippen LogP) is 2.64. The summed E-state index contributed by atoms with van der Waals surface area (Å²) in [5, 5.41) is 8.68. The maximum absolute atomic E-state index is 13.1. The molecule has 3 atom stereocenters. The number of sulfone groups is 1. The van der Waals surface area contributed by atoms with Gasteiger partial charge in [-0.2, -0.15) is 5.26 Å². The van der Waals surface area contributed by atoms with Crippen LogP contribution in [0.3, 0.4) is 0 Å². The first-order valence-electron chi connectivity index (χ1n) is 6.76. The van der Waals surface area contributed by atoms with Gasteiger partial charge in [-0.05, 0) is 42.0 Å². The fourth-order valence-corrected chi connectivity index (χ4v) is 5.14. The van der Waals surface area contributed by atoms with Crippen LogP contribution in [0.2, 0.25) is 5.02 Å². The van der Waals surface area contributed by atoms with Gasteiger partial charge in [0.05, 0.1) is 11.0 Å². The molecule has 0 spiro atoms. The van der Waals surface area contributed by atoms with E-state index in [-0.39, 0.29) is 4.90 Å². The number of hydrogen-bond acceptors (Lipinski definition) is 4. The fourth-order valence-electron chi connectivity index (χ4n) is 2.83. The van der Waals surface area contributed by atoms with Crippen LogP contribution in [-0.2, 0) is 9.84 Å². The van der Waals surface area contributed by atoms with E-state index in [1.807, 2.05) is 6.07 Å². The van der Waals surface area contributed by atoms with Gasteiger partial charge in [0.15, 0.2) is 9.84 Å². The van der Waals surface area contributed by atoms with Gasteiger partial charge in [0.1, 0.15) is 16.6 Å². The second-order valence-corrected chi connectivity index (χ2v) is 8.00. The highest BCUT2D eigenvalue weighted by atomic mass is 35.5. The topological polar surface area (TPSA) is 83.9 Å². The lowest BCUT2D eigenvalue weighted by Gasteiger charge is -2.04. The summed E-state index contributed by atoms with van der Waals surface area (Å²) in [5.74, 6) is -1.14. The predicted molar refractivity (Wildman–Crippen MR) is 84.1 cm³/mol. The summed E-state index contributed by atoms with van der Waals surface area (Å²) >= 11 is 5.77. The van der Waals surface area contributed by atoms with Crippen LogP contribution >= 0.6 is 11.6 Å². The van der Waals surface area contributed by atoms with Gasteiger partial charge < -0.3 is 5.73 Å². The normalized spacial score (nSPS) is 26.5. The molecule has 3 rings (SSSR count). The molecule has 7 heteroatoms. The van der Waals surface area contributed by atoms with Gasteiger partial charge in [-0.1, -0.05) is 23.7 Å². The van der Waals surface area contributed by atoms with Gasteiger partial charge in [0.2, 0.25) is 0 Å². The van der Waals surface area contributed by atoms with E-state index in [1.54, 1.807) is 0 Å². The third-order valence-corrected chi connectivity index (χ3v) is 6.59. The lowest BCUT2D eigenvalue weighted by atomic mass is 10.1. The number of nitriles is 1. The zero-order valence-corrected chi connectivity index (χ0v) is 13.4. The van der Waals surface area contributed by atoms with Crippen LogP contribution in [0.4, 0.5) is 4.39 Å². The van der Waals surface area contributed by atoms with Crippen molar-refractivity contribution in [1.82, 2.24) is 0 Å². The van der Waals surface area contributed by atoms with E-state index in [9.17, 15) is 18.1 Å². The van der Waals surface area contributed by atoms with Crippen LogP contribution in [0, 0.1) is 17.1 Å². The average Bonchev–Trinajstić information content (AvgIpc) is 3.16. The van der Waals surface area contributed by atoms with Gasteiger partial charge in [0, 0.05) is 10.9 Å². The molecule has 1 fully saturated rings. The Balaban J connectivity index is 2.03. The Morgan fingerprint density at radius 2 is 1.70 bits per heavy atom. The standard InChI is InChI=1S/C16H12ClFN2O2S/c17-11-3-7-13(8-4-11)23(21,22)15-14(16(15,20)9-19)10-1-5-12(18)6-2-10/h1-8,14-15H,20H2/t14-,15-,16+/m1/s1. The molecule has 0 radical (unpaired) electrons. The van der Waals surface area contributed by atoms with Gasteiger partial charge in [0.25, 0.3) is 0 Å². The second-order valence-electron chi connectivity index (χ2n) is 5.49. The van der Waals surface area contributed by atoms with Crippen molar-refractivity contribution in [3.8, 4) is 6.07 Å².